The van der Waals surface area contributed by atoms with E-state index in [1.165, 1.54) is 22.1 Å². The number of hydrogen-bond acceptors (Lipinski definition) is 4. The highest BCUT2D eigenvalue weighted by molar-refractivity contribution is 7.98. The third-order valence-corrected chi connectivity index (χ3v) is 4.10. The summed E-state index contributed by atoms with van der Waals surface area (Å²) in [5, 5.41) is 8.60. The van der Waals surface area contributed by atoms with Crippen molar-refractivity contribution in [2.45, 2.75) is 24.3 Å². The number of aryl methyl sites for hydroxylation is 1. The van der Waals surface area contributed by atoms with Gasteiger partial charge in [-0.1, -0.05) is 18.2 Å². The minimum atomic E-state index is -0.179. The van der Waals surface area contributed by atoms with Crippen LogP contribution < -0.4 is 10.3 Å². The van der Waals surface area contributed by atoms with Crippen LogP contribution in [0.3, 0.4) is 0 Å². The molecule has 2 aromatic rings. The number of carbonyl (C=O) groups excluding carboxylic acids is 1. The van der Waals surface area contributed by atoms with E-state index < -0.39 is 0 Å². The number of anilines is 1. The highest BCUT2D eigenvalue weighted by Crippen LogP contribution is 2.26. The fraction of sp³-hybridized carbons (Fsp3) is 0.357. The molecule has 0 saturated heterocycles. The van der Waals surface area contributed by atoms with Crippen LogP contribution in [0, 0.1) is 0 Å². The molecule has 3 rings (SSSR count). The Morgan fingerprint density at radius 3 is 3.00 bits per heavy atom. The standard InChI is InChI=1S/C14H17N5OS/c1-21-13-10-19(17-15-13)16-14(20)18-9-5-4-7-11-6-2-3-8-12(11)18/h2-3,6,8,10H,4-5,7,9H2,1H3,(H,16,20). The van der Waals surface area contributed by atoms with E-state index in [4.69, 9.17) is 0 Å². The second-order valence-corrected chi connectivity index (χ2v) is 5.69. The molecule has 0 aliphatic carbocycles. The van der Waals surface area contributed by atoms with E-state index in [1.54, 1.807) is 11.1 Å². The summed E-state index contributed by atoms with van der Waals surface area (Å²) in [7, 11) is 0. The molecule has 0 unspecified atom stereocenters. The number of urea groups is 1. The molecular weight excluding hydrogens is 286 g/mol. The highest BCUT2D eigenvalue weighted by atomic mass is 32.2. The van der Waals surface area contributed by atoms with Gasteiger partial charge in [-0.25, -0.2) is 10.2 Å². The zero-order valence-electron chi connectivity index (χ0n) is 11.8. The molecule has 0 radical (unpaired) electrons. The van der Waals surface area contributed by atoms with Crippen molar-refractivity contribution in [2.24, 2.45) is 0 Å². The van der Waals surface area contributed by atoms with Crippen LogP contribution in [0.25, 0.3) is 0 Å². The maximum absolute atomic E-state index is 12.5. The van der Waals surface area contributed by atoms with Crippen LogP contribution in [0.15, 0.2) is 35.5 Å². The molecule has 21 heavy (non-hydrogen) atoms. The van der Waals surface area contributed by atoms with Crippen LogP contribution in [0.5, 0.6) is 0 Å². The van der Waals surface area contributed by atoms with E-state index in [1.807, 2.05) is 24.5 Å². The van der Waals surface area contributed by atoms with Crippen LogP contribution >= 0.6 is 11.8 Å². The number of benzene rings is 1. The summed E-state index contributed by atoms with van der Waals surface area (Å²) >= 11 is 1.48. The number of carbonyl (C=O) groups is 1. The van der Waals surface area contributed by atoms with Crippen molar-refractivity contribution in [1.29, 1.82) is 0 Å². The summed E-state index contributed by atoms with van der Waals surface area (Å²) in [6.45, 7) is 0.715. The minimum absolute atomic E-state index is 0.179. The van der Waals surface area contributed by atoms with Gasteiger partial charge >= 0.3 is 6.03 Å². The Morgan fingerprint density at radius 1 is 1.33 bits per heavy atom. The normalized spacial score (nSPS) is 14.4. The monoisotopic (exact) mass is 303 g/mol. The number of amides is 2. The lowest BCUT2D eigenvalue weighted by molar-refractivity contribution is 0.253. The number of hydrogen-bond donors (Lipinski definition) is 1. The molecule has 7 heteroatoms. The molecule has 1 aromatic carbocycles. The van der Waals surface area contributed by atoms with E-state index in [0.717, 1.165) is 30.0 Å². The number of thioether (sulfide) groups is 1. The Kier molecular flexibility index (Phi) is 4.10. The van der Waals surface area contributed by atoms with Crippen LogP contribution in [-0.2, 0) is 6.42 Å². The van der Waals surface area contributed by atoms with E-state index in [-0.39, 0.29) is 6.03 Å². The van der Waals surface area contributed by atoms with Gasteiger partial charge in [0.1, 0.15) is 5.03 Å². The zero-order chi connectivity index (χ0) is 14.7. The quantitative estimate of drug-likeness (QED) is 0.866. The predicted octanol–water partition coefficient (Wildman–Crippen LogP) is 2.51. The van der Waals surface area contributed by atoms with E-state index >= 15 is 0 Å². The first-order valence-corrected chi connectivity index (χ1v) is 8.13. The molecule has 0 bridgehead atoms. The smallest absolute Gasteiger partial charge is 0.293 e. The third-order valence-electron chi connectivity index (χ3n) is 3.50. The molecule has 0 spiro atoms. The van der Waals surface area contributed by atoms with Gasteiger partial charge in [-0.2, -0.15) is 4.79 Å². The van der Waals surface area contributed by atoms with Gasteiger partial charge < -0.3 is 0 Å². The Balaban J connectivity index is 1.80. The first-order valence-electron chi connectivity index (χ1n) is 6.90. The van der Waals surface area contributed by atoms with Crippen molar-refractivity contribution >= 4 is 23.5 Å². The SMILES string of the molecule is CSc1cn(NC(=O)N2CCCCc3ccccc32)nn1. The van der Waals surface area contributed by atoms with Gasteiger partial charge in [0.25, 0.3) is 0 Å². The molecule has 6 nitrogen and oxygen atoms in total. The maximum atomic E-state index is 12.5. The summed E-state index contributed by atoms with van der Waals surface area (Å²) in [6.07, 6.45) is 6.73. The summed E-state index contributed by atoms with van der Waals surface area (Å²) in [5.41, 5.74) is 4.95. The second-order valence-electron chi connectivity index (χ2n) is 4.86. The molecule has 0 saturated carbocycles. The van der Waals surface area contributed by atoms with Crippen molar-refractivity contribution in [2.75, 3.05) is 23.1 Å². The fourth-order valence-electron chi connectivity index (χ4n) is 2.46. The van der Waals surface area contributed by atoms with E-state index in [0.29, 0.717) is 6.54 Å². The van der Waals surface area contributed by atoms with Crippen LogP contribution in [0.4, 0.5) is 10.5 Å². The first-order chi connectivity index (χ1) is 10.3. The maximum Gasteiger partial charge on any atom is 0.342 e. The average molecular weight is 303 g/mol. The molecule has 1 aromatic heterocycles. The van der Waals surface area contributed by atoms with Gasteiger partial charge in [0.2, 0.25) is 0 Å². The van der Waals surface area contributed by atoms with Crippen molar-refractivity contribution in [1.82, 2.24) is 15.1 Å². The van der Waals surface area contributed by atoms with Gasteiger partial charge in [0, 0.05) is 12.2 Å². The number of para-hydroxylation sites is 1. The molecule has 2 amide bonds. The third kappa shape index (κ3) is 3.02. The van der Waals surface area contributed by atoms with Gasteiger partial charge in [0.05, 0.1) is 6.20 Å². The average Bonchev–Trinajstić information content (AvgIpc) is 2.84. The lowest BCUT2D eigenvalue weighted by atomic mass is 10.1. The second kappa shape index (κ2) is 6.17. The Bertz CT molecular complexity index is 642. The lowest BCUT2D eigenvalue weighted by Gasteiger charge is -2.22. The fourth-order valence-corrected chi connectivity index (χ4v) is 2.78. The highest BCUT2D eigenvalue weighted by Gasteiger charge is 2.21. The molecule has 2 heterocycles. The number of fused-ring (bicyclic) bond motifs is 1. The molecular formula is C14H17N5OS. The van der Waals surface area contributed by atoms with E-state index in [2.05, 4.69) is 21.8 Å². The van der Waals surface area contributed by atoms with Gasteiger partial charge in [-0.05, 0) is 42.4 Å². The summed E-state index contributed by atoms with van der Waals surface area (Å²) in [5.74, 6) is 0. The van der Waals surface area contributed by atoms with Crippen LogP contribution in [0.2, 0.25) is 0 Å². The van der Waals surface area contributed by atoms with Gasteiger partial charge in [0.15, 0.2) is 0 Å². The number of nitrogens with one attached hydrogen (secondary N) is 1. The predicted molar refractivity (Wildman–Crippen MR) is 83.3 cm³/mol. The Hall–Kier alpha value is -2.02. The van der Waals surface area contributed by atoms with E-state index in [9.17, 15) is 4.79 Å². The Labute approximate surface area is 127 Å². The minimum Gasteiger partial charge on any atom is -0.293 e. The largest absolute Gasteiger partial charge is 0.342 e. The van der Waals surface area contributed by atoms with Crippen LogP contribution in [0.1, 0.15) is 18.4 Å². The molecule has 1 aliphatic heterocycles. The Morgan fingerprint density at radius 2 is 2.19 bits per heavy atom. The molecule has 1 aliphatic rings. The van der Waals surface area contributed by atoms with Crippen molar-refractivity contribution in [3.8, 4) is 0 Å². The topological polar surface area (TPSA) is 63.1 Å². The molecule has 0 atom stereocenters. The summed E-state index contributed by atoms with van der Waals surface area (Å²) in [4.78, 5) is 15.6. The zero-order valence-corrected chi connectivity index (χ0v) is 12.6. The summed E-state index contributed by atoms with van der Waals surface area (Å²) < 4.78 is 0. The summed E-state index contributed by atoms with van der Waals surface area (Å²) in [6, 6.07) is 7.88. The van der Waals surface area contributed by atoms with Crippen LogP contribution in [-0.4, -0.2) is 33.9 Å². The molecule has 0 fully saturated rings. The lowest BCUT2D eigenvalue weighted by Crippen LogP contribution is -2.39. The van der Waals surface area contributed by atoms with Gasteiger partial charge in [-0.3, -0.25) is 4.90 Å². The molecule has 110 valence electrons. The number of rotatable bonds is 2. The van der Waals surface area contributed by atoms with Gasteiger partial charge in [-0.15, -0.1) is 16.9 Å². The number of aromatic nitrogens is 3. The van der Waals surface area contributed by atoms with Crippen molar-refractivity contribution in [3.05, 3.63) is 36.0 Å². The van der Waals surface area contributed by atoms with Crippen molar-refractivity contribution in [3.63, 3.8) is 0 Å². The molecule has 1 N–H and O–H groups in total. The van der Waals surface area contributed by atoms with Crippen molar-refractivity contribution < 1.29 is 4.79 Å². The first kappa shape index (κ1) is 13.9. The number of nitrogens with zero attached hydrogens (tertiary/aromatic N) is 4.